The Bertz CT molecular complexity index is 540. The fourth-order valence-electron chi connectivity index (χ4n) is 2.23. The molecule has 2 unspecified atom stereocenters. The summed E-state index contributed by atoms with van der Waals surface area (Å²) in [7, 11) is 0. The van der Waals surface area contributed by atoms with E-state index in [0.29, 0.717) is 18.0 Å². The average molecular weight is 286 g/mol. The van der Waals surface area contributed by atoms with Gasteiger partial charge in [0.2, 0.25) is 0 Å². The van der Waals surface area contributed by atoms with Crippen molar-refractivity contribution in [2.24, 2.45) is 11.7 Å². The third-order valence-corrected chi connectivity index (χ3v) is 3.65. The normalized spacial score (nSPS) is 13.0. The second-order valence-corrected chi connectivity index (χ2v) is 5.66. The van der Waals surface area contributed by atoms with Crippen LogP contribution in [0.15, 0.2) is 18.2 Å². The quantitative estimate of drug-likeness (QED) is 0.818. The number of rotatable bonds is 5. The van der Waals surface area contributed by atoms with Gasteiger partial charge >= 0.3 is 0 Å². The summed E-state index contributed by atoms with van der Waals surface area (Å²) in [5.74, 6) is 6.36. The molecule has 3 N–H and O–H groups in total. The monoisotopic (exact) mass is 286 g/mol. The number of carbonyl (C=O) groups excluding carboxylic acids is 1. The molecule has 1 rings (SSSR count). The Balaban J connectivity index is 2.81. The first-order chi connectivity index (χ1) is 9.97. The molecule has 0 aliphatic rings. The van der Waals surface area contributed by atoms with E-state index in [2.05, 4.69) is 37.9 Å². The maximum atomic E-state index is 12.4. The SMILES string of the molecule is CCC(C)CC(C)NC(=O)c1cc(C#CCN)ccc1C. The van der Waals surface area contributed by atoms with Gasteiger partial charge in [-0.1, -0.05) is 38.2 Å². The molecule has 0 heterocycles. The van der Waals surface area contributed by atoms with E-state index in [1.54, 1.807) is 0 Å². The second-order valence-electron chi connectivity index (χ2n) is 5.66. The molecule has 0 spiro atoms. The first-order valence-electron chi connectivity index (χ1n) is 7.58. The standard InChI is InChI=1S/C18H26N2O/c1-5-13(2)11-15(4)20-18(21)17-12-16(7-6-10-19)9-8-14(17)3/h8-9,12-13,15H,5,10-11,19H2,1-4H3,(H,20,21). The molecule has 114 valence electrons. The van der Waals surface area contributed by atoms with Gasteiger partial charge in [-0.25, -0.2) is 0 Å². The molecule has 2 atom stereocenters. The molecule has 1 aromatic rings. The van der Waals surface area contributed by atoms with Gasteiger partial charge in [0, 0.05) is 17.2 Å². The minimum Gasteiger partial charge on any atom is -0.350 e. The van der Waals surface area contributed by atoms with E-state index in [0.717, 1.165) is 24.0 Å². The zero-order chi connectivity index (χ0) is 15.8. The van der Waals surface area contributed by atoms with E-state index < -0.39 is 0 Å². The molecule has 0 aliphatic carbocycles. The van der Waals surface area contributed by atoms with Crippen LogP contribution in [0, 0.1) is 24.7 Å². The van der Waals surface area contributed by atoms with Crippen LogP contribution < -0.4 is 11.1 Å². The Hall–Kier alpha value is -1.79. The van der Waals surface area contributed by atoms with Crippen molar-refractivity contribution in [3.63, 3.8) is 0 Å². The molecule has 0 bridgehead atoms. The maximum absolute atomic E-state index is 12.4. The molecule has 0 radical (unpaired) electrons. The van der Waals surface area contributed by atoms with E-state index in [1.807, 2.05) is 25.1 Å². The van der Waals surface area contributed by atoms with Crippen LogP contribution >= 0.6 is 0 Å². The summed E-state index contributed by atoms with van der Waals surface area (Å²) < 4.78 is 0. The Labute approximate surface area is 128 Å². The summed E-state index contributed by atoms with van der Waals surface area (Å²) in [5, 5.41) is 3.07. The number of carbonyl (C=O) groups is 1. The molecule has 1 aromatic carbocycles. The summed E-state index contributed by atoms with van der Waals surface area (Å²) in [6.07, 6.45) is 2.12. The number of hydrogen-bond donors (Lipinski definition) is 2. The van der Waals surface area contributed by atoms with Gasteiger partial charge in [-0.3, -0.25) is 4.79 Å². The molecule has 0 saturated carbocycles. The number of nitrogens with one attached hydrogen (secondary N) is 1. The first-order valence-corrected chi connectivity index (χ1v) is 7.58. The van der Waals surface area contributed by atoms with Gasteiger partial charge in [0.1, 0.15) is 0 Å². The molecule has 3 heteroatoms. The Kier molecular flexibility index (Phi) is 6.98. The van der Waals surface area contributed by atoms with Gasteiger partial charge < -0.3 is 11.1 Å². The average Bonchev–Trinajstić information content (AvgIpc) is 2.45. The first kappa shape index (κ1) is 17.3. The molecule has 0 aliphatic heterocycles. The highest BCUT2D eigenvalue weighted by Gasteiger charge is 2.14. The Morgan fingerprint density at radius 2 is 2.10 bits per heavy atom. The Morgan fingerprint density at radius 1 is 1.38 bits per heavy atom. The van der Waals surface area contributed by atoms with E-state index in [-0.39, 0.29) is 11.9 Å². The van der Waals surface area contributed by atoms with Crippen molar-refractivity contribution in [3.8, 4) is 11.8 Å². The maximum Gasteiger partial charge on any atom is 0.251 e. The van der Waals surface area contributed by atoms with Crippen molar-refractivity contribution in [3.05, 3.63) is 34.9 Å². The smallest absolute Gasteiger partial charge is 0.251 e. The van der Waals surface area contributed by atoms with Crippen LogP contribution in [0.1, 0.15) is 55.1 Å². The lowest BCUT2D eigenvalue weighted by molar-refractivity contribution is 0.0934. The highest BCUT2D eigenvalue weighted by molar-refractivity contribution is 5.96. The lowest BCUT2D eigenvalue weighted by Crippen LogP contribution is -2.34. The highest BCUT2D eigenvalue weighted by Crippen LogP contribution is 2.13. The van der Waals surface area contributed by atoms with Crippen LogP contribution in [-0.2, 0) is 0 Å². The lowest BCUT2D eigenvalue weighted by Gasteiger charge is -2.18. The van der Waals surface area contributed by atoms with Crippen molar-refractivity contribution in [2.75, 3.05) is 6.54 Å². The van der Waals surface area contributed by atoms with Gasteiger partial charge in [0.05, 0.1) is 6.54 Å². The van der Waals surface area contributed by atoms with E-state index in [4.69, 9.17) is 5.73 Å². The fraction of sp³-hybridized carbons (Fsp3) is 0.500. The third-order valence-electron chi connectivity index (χ3n) is 3.65. The highest BCUT2D eigenvalue weighted by atomic mass is 16.1. The zero-order valence-electron chi connectivity index (χ0n) is 13.5. The third kappa shape index (κ3) is 5.61. The summed E-state index contributed by atoms with van der Waals surface area (Å²) in [4.78, 5) is 12.4. The van der Waals surface area contributed by atoms with Crippen LogP contribution in [0.4, 0.5) is 0 Å². The van der Waals surface area contributed by atoms with Crippen molar-refractivity contribution >= 4 is 5.91 Å². The molecular formula is C18H26N2O. The predicted molar refractivity (Wildman–Crippen MR) is 88.1 cm³/mol. The molecule has 0 fully saturated rings. The van der Waals surface area contributed by atoms with Gasteiger partial charge in [0.15, 0.2) is 0 Å². The van der Waals surface area contributed by atoms with Crippen LogP contribution in [0.2, 0.25) is 0 Å². The lowest BCUT2D eigenvalue weighted by atomic mass is 9.99. The van der Waals surface area contributed by atoms with E-state index in [9.17, 15) is 4.79 Å². The van der Waals surface area contributed by atoms with Crippen molar-refractivity contribution in [2.45, 2.75) is 46.6 Å². The van der Waals surface area contributed by atoms with Gasteiger partial charge in [0.25, 0.3) is 5.91 Å². The predicted octanol–water partition coefficient (Wildman–Crippen LogP) is 2.86. The van der Waals surface area contributed by atoms with Crippen molar-refractivity contribution < 1.29 is 4.79 Å². The van der Waals surface area contributed by atoms with Crippen LogP contribution in [0.3, 0.4) is 0 Å². The zero-order valence-corrected chi connectivity index (χ0v) is 13.5. The molecule has 3 nitrogen and oxygen atoms in total. The summed E-state index contributed by atoms with van der Waals surface area (Å²) >= 11 is 0. The minimum absolute atomic E-state index is 0.0281. The van der Waals surface area contributed by atoms with E-state index in [1.165, 1.54) is 0 Å². The van der Waals surface area contributed by atoms with Crippen molar-refractivity contribution in [1.29, 1.82) is 0 Å². The number of aryl methyl sites for hydroxylation is 1. The van der Waals surface area contributed by atoms with Crippen LogP contribution in [0.5, 0.6) is 0 Å². The largest absolute Gasteiger partial charge is 0.350 e. The van der Waals surface area contributed by atoms with Crippen LogP contribution in [0.25, 0.3) is 0 Å². The molecule has 21 heavy (non-hydrogen) atoms. The van der Waals surface area contributed by atoms with Gasteiger partial charge in [-0.15, -0.1) is 0 Å². The summed E-state index contributed by atoms with van der Waals surface area (Å²) in [6.45, 7) is 8.69. The van der Waals surface area contributed by atoms with Crippen molar-refractivity contribution in [1.82, 2.24) is 5.32 Å². The Morgan fingerprint density at radius 3 is 2.71 bits per heavy atom. The van der Waals surface area contributed by atoms with E-state index >= 15 is 0 Å². The summed E-state index contributed by atoms with van der Waals surface area (Å²) in [5.41, 5.74) is 7.85. The van der Waals surface area contributed by atoms with Gasteiger partial charge in [-0.05, 0) is 43.9 Å². The number of hydrogen-bond acceptors (Lipinski definition) is 2. The molecule has 0 saturated heterocycles. The molecule has 1 amide bonds. The van der Waals surface area contributed by atoms with Gasteiger partial charge in [-0.2, -0.15) is 0 Å². The topological polar surface area (TPSA) is 55.1 Å². The summed E-state index contributed by atoms with van der Waals surface area (Å²) in [6, 6.07) is 5.85. The minimum atomic E-state index is -0.0281. The molecular weight excluding hydrogens is 260 g/mol. The van der Waals surface area contributed by atoms with Crippen LogP contribution in [-0.4, -0.2) is 18.5 Å². The number of amides is 1. The second kappa shape index (κ2) is 8.49. The fourth-order valence-corrected chi connectivity index (χ4v) is 2.23. The number of nitrogens with two attached hydrogens (primary N) is 1. The molecule has 0 aromatic heterocycles. The number of benzene rings is 1.